The van der Waals surface area contributed by atoms with Gasteiger partial charge in [-0.25, -0.2) is 4.79 Å². The van der Waals surface area contributed by atoms with Gasteiger partial charge in [0, 0.05) is 12.6 Å². The minimum Gasteiger partial charge on any atom is -0.361 e. The fourth-order valence-electron chi connectivity index (χ4n) is 3.23. The highest BCUT2D eigenvalue weighted by atomic mass is 16.5. The number of imide groups is 1. The van der Waals surface area contributed by atoms with E-state index in [0.717, 1.165) is 16.0 Å². The van der Waals surface area contributed by atoms with Crippen LogP contribution in [0.15, 0.2) is 28.8 Å². The maximum absolute atomic E-state index is 13.0. The normalized spacial score (nSPS) is 19.1. The molecule has 1 unspecified atom stereocenters. The lowest BCUT2D eigenvalue weighted by atomic mass is 9.91. The smallest absolute Gasteiger partial charge is 0.325 e. The lowest BCUT2D eigenvalue weighted by molar-refractivity contribution is -0.138. The van der Waals surface area contributed by atoms with Crippen LogP contribution in [0.25, 0.3) is 0 Å². The van der Waals surface area contributed by atoms with Gasteiger partial charge in [-0.2, -0.15) is 0 Å². The fourth-order valence-corrected chi connectivity index (χ4v) is 3.23. The van der Waals surface area contributed by atoms with E-state index in [-0.39, 0.29) is 12.5 Å². The van der Waals surface area contributed by atoms with Crippen LogP contribution in [0.2, 0.25) is 0 Å². The Morgan fingerprint density at radius 3 is 2.43 bits per heavy atom. The van der Waals surface area contributed by atoms with E-state index in [1.165, 1.54) is 4.90 Å². The van der Waals surface area contributed by atoms with Crippen LogP contribution >= 0.6 is 0 Å². The maximum Gasteiger partial charge on any atom is 0.325 e. The molecule has 1 fully saturated rings. The number of amides is 4. The van der Waals surface area contributed by atoms with Crippen molar-refractivity contribution in [1.82, 2.24) is 20.3 Å². The van der Waals surface area contributed by atoms with Crippen molar-refractivity contribution in [3.05, 3.63) is 52.4 Å². The van der Waals surface area contributed by atoms with Crippen molar-refractivity contribution >= 4 is 17.8 Å². The van der Waals surface area contributed by atoms with Gasteiger partial charge in [0.05, 0.1) is 12.2 Å². The van der Waals surface area contributed by atoms with Crippen LogP contribution in [0.1, 0.15) is 35.1 Å². The molecule has 28 heavy (non-hydrogen) atoms. The lowest BCUT2D eigenvalue weighted by Crippen LogP contribution is -2.43. The molecule has 2 heterocycles. The Balaban J connectivity index is 1.73. The first-order chi connectivity index (χ1) is 13.1. The molecule has 8 nitrogen and oxygen atoms in total. The minimum atomic E-state index is -1.19. The number of hydrogen-bond acceptors (Lipinski definition) is 5. The van der Waals surface area contributed by atoms with Gasteiger partial charge in [0.2, 0.25) is 5.91 Å². The van der Waals surface area contributed by atoms with Gasteiger partial charge in [-0.15, -0.1) is 0 Å². The summed E-state index contributed by atoms with van der Waals surface area (Å²) in [5.41, 5.74) is 2.06. The van der Waals surface area contributed by atoms with E-state index in [1.54, 1.807) is 27.8 Å². The van der Waals surface area contributed by atoms with Crippen molar-refractivity contribution < 1.29 is 18.9 Å². The van der Waals surface area contributed by atoms with Crippen molar-refractivity contribution in [3.8, 4) is 0 Å². The molecular formula is C20H24N4O4. The number of aryl methyl sites for hydroxylation is 3. The van der Waals surface area contributed by atoms with Crippen LogP contribution in [-0.4, -0.2) is 46.4 Å². The van der Waals surface area contributed by atoms with Gasteiger partial charge in [0.1, 0.15) is 17.8 Å². The highest BCUT2D eigenvalue weighted by Gasteiger charge is 2.49. The number of carbonyl (C=O) groups is 3. The van der Waals surface area contributed by atoms with E-state index in [9.17, 15) is 14.4 Å². The summed E-state index contributed by atoms with van der Waals surface area (Å²) in [6.07, 6.45) is 0. The average molecular weight is 384 g/mol. The largest absolute Gasteiger partial charge is 0.361 e. The first kappa shape index (κ1) is 19.6. The average Bonchev–Trinajstić information content (AvgIpc) is 3.07. The number of urea groups is 1. The molecule has 0 aliphatic carbocycles. The van der Waals surface area contributed by atoms with Gasteiger partial charge in [-0.3, -0.25) is 14.5 Å². The monoisotopic (exact) mass is 384 g/mol. The Morgan fingerprint density at radius 2 is 1.86 bits per heavy atom. The van der Waals surface area contributed by atoms with Crippen molar-refractivity contribution in [2.24, 2.45) is 0 Å². The van der Waals surface area contributed by atoms with E-state index < -0.39 is 17.5 Å². The van der Waals surface area contributed by atoms with Crippen LogP contribution in [0.5, 0.6) is 0 Å². The molecule has 2 aromatic rings. The fraction of sp³-hybridized carbons (Fsp3) is 0.400. The molecule has 1 atom stereocenters. The molecule has 1 N–H and O–H groups in total. The summed E-state index contributed by atoms with van der Waals surface area (Å²) in [5.74, 6) is -0.156. The third kappa shape index (κ3) is 3.37. The summed E-state index contributed by atoms with van der Waals surface area (Å²) in [7, 11) is 1.62. The van der Waals surface area contributed by atoms with Gasteiger partial charge in [0.25, 0.3) is 5.91 Å². The van der Waals surface area contributed by atoms with Crippen molar-refractivity contribution in [2.45, 2.75) is 39.8 Å². The van der Waals surface area contributed by atoms with E-state index in [0.29, 0.717) is 23.6 Å². The van der Waals surface area contributed by atoms with E-state index in [4.69, 9.17) is 4.52 Å². The summed E-state index contributed by atoms with van der Waals surface area (Å²) in [6, 6.07) is 6.80. The zero-order chi connectivity index (χ0) is 20.6. The molecule has 1 saturated heterocycles. The Bertz CT molecular complexity index is 915. The third-order valence-electron chi connectivity index (χ3n) is 5.20. The lowest BCUT2D eigenvalue weighted by Gasteiger charge is -2.23. The first-order valence-electron chi connectivity index (χ1n) is 9.00. The second-order valence-corrected chi connectivity index (χ2v) is 7.37. The molecule has 0 spiro atoms. The van der Waals surface area contributed by atoms with Gasteiger partial charge in [0.15, 0.2) is 0 Å². The van der Waals surface area contributed by atoms with Gasteiger partial charge in [-0.05, 0) is 33.3 Å². The van der Waals surface area contributed by atoms with E-state index >= 15 is 0 Å². The molecule has 148 valence electrons. The Hall–Kier alpha value is -3.16. The maximum atomic E-state index is 13.0. The number of aromatic nitrogens is 1. The molecule has 0 bridgehead atoms. The SMILES string of the molecule is Cc1ccc(C2(C)NC(=O)N(CC(=O)N(C)Cc3c(C)noc3C)C2=O)cc1. The van der Waals surface area contributed by atoms with E-state index in [1.807, 2.05) is 31.2 Å². The zero-order valence-corrected chi connectivity index (χ0v) is 16.7. The van der Waals surface area contributed by atoms with Crippen LogP contribution in [-0.2, 0) is 21.7 Å². The van der Waals surface area contributed by atoms with Crippen molar-refractivity contribution in [3.63, 3.8) is 0 Å². The molecule has 1 aliphatic heterocycles. The number of rotatable bonds is 5. The molecule has 0 radical (unpaired) electrons. The summed E-state index contributed by atoms with van der Waals surface area (Å²) < 4.78 is 5.11. The summed E-state index contributed by atoms with van der Waals surface area (Å²) in [5, 5.41) is 6.59. The number of nitrogens with zero attached hydrogens (tertiary/aromatic N) is 3. The minimum absolute atomic E-state index is 0.291. The van der Waals surface area contributed by atoms with Crippen molar-refractivity contribution in [1.29, 1.82) is 0 Å². The second kappa shape index (κ2) is 7.10. The van der Waals surface area contributed by atoms with Crippen LogP contribution < -0.4 is 5.32 Å². The third-order valence-corrected chi connectivity index (χ3v) is 5.20. The standard InChI is InChI=1S/C20H24N4O4/c1-12-6-8-15(9-7-12)20(4)18(26)24(19(27)21-20)11-17(25)23(5)10-16-13(2)22-28-14(16)3/h6-9H,10-11H2,1-5H3,(H,21,27). The number of hydrogen-bond donors (Lipinski definition) is 1. The highest BCUT2D eigenvalue weighted by molar-refractivity contribution is 6.09. The molecule has 1 aromatic carbocycles. The molecule has 0 saturated carbocycles. The predicted molar refractivity (Wildman–Crippen MR) is 101 cm³/mol. The molecule has 1 aliphatic rings. The molecule has 1 aromatic heterocycles. The predicted octanol–water partition coefficient (Wildman–Crippen LogP) is 2.03. The highest BCUT2D eigenvalue weighted by Crippen LogP contribution is 2.29. The zero-order valence-electron chi connectivity index (χ0n) is 16.7. The van der Waals surface area contributed by atoms with Gasteiger partial charge < -0.3 is 14.7 Å². The molecular weight excluding hydrogens is 360 g/mol. The summed E-state index contributed by atoms with van der Waals surface area (Å²) in [4.78, 5) is 40.4. The molecule has 8 heteroatoms. The number of benzene rings is 1. The summed E-state index contributed by atoms with van der Waals surface area (Å²) >= 11 is 0. The van der Waals surface area contributed by atoms with Gasteiger partial charge in [-0.1, -0.05) is 35.0 Å². The quantitative estimate of drug-likeness (QED) is 0.796. The topological polar surface area (TPSA) is 95.8 Å². The number of nitrogens with one attached hydrogen (secondary N) is 1. The second-order valence-electron chi connectivity index (χ2n) is 7.37. The Morgan fingerprint density at radius 1 is 1.21 bits per heavy atom. The van der Waals surface area contributed by atoms with Crippen LogP contribution in [0.4, 0.5) is 4.79 Å². The number of likely N-dealkylation sites (N-methyl/N-ethyl adjacent to an activating group) is 1. The molecule has 4 amide bonds. The van der Waals surface area contributed by atoms with Crippen LogP contribution in [0, 0.1) is 20.8 Å². The molecule has 3 rings (SSSR count). The Labute approximate surface area is 163 Å². The van der Waals surface area contributed by atoms with Crippen molar-refractivity contribution in [2.75, 3.05) is 13.6 Å². The summed E-state index contributed by atoms with van der Waals surface area (Å²) in [6.45, 7) is 7.13. The van der Waals surface area contributed by atoms with Gasteiger partial charge >= 0.3 is 6.03 Å². The van der Waals surface area contributed by atoms with E-state index in [2.05, 4.69) is 10.5 Å². The number of carbonyl (C=O) groups excluding carboxylic acids is 3. The van der Waals surface area contributed by atoms with Crippen LogP contribution in [0.3, 0.4) is 0 Å². The Kier molecular flexibility index (Phi) is 4.97. The first-order valence-corrected chi connectivity index (χ1v) is 9.00.